The predicted octanol–water partition coefficient (Wildman–Crippen LogP) is 0.467. The van der Waals surface area contributed by atoms with E-state index < -0.39 is 35.3 Å². The number of rotatable bonds is 7. The maximum absolute atomic E-state index is 12.3. The summed E-state index contributed by atoms with van der Waals surface area (Å²) in [5.74, 6) is -0.744. The van der Waals surface area contributed by atoms with E-state index in [1.165, 1.54) is 25.3 Å². The van der Waals surface area contributed by atoms with Crippen LogP contribution in [0.15, 0.2) is 18.2 Å². The molecule has 8 nitrogen and oxygen atoms in total. The molecule has 116 valence electrons. The Morgan fingerprint density at radius 3 is 2.48 bits per heavy atom. The van der Waals surface area contributed by atoms with Crippen molar-refractivity contribution >= 4 is 11.6 Å². The van der Waals surface area contributed by atoms with Crippen molar-refractivity contribution in [3.8, 4) is 5.75 Å². The second kappa shape index (κ2) is 7.00. The normalized spacial score (nSPS) is 11.0. The topological polar surface area (TPSA) is 122 Å². The average molecular weight is 298 g/mol. The number of nitro groups is 1. The smallest absolute Gasteiger partial charge is 0.285 e. The molecule has 3 N–H and O–H groups in total. The van der Waals surface area contributed by atoms with Crippen LogP contribution in [0.5, 0.6) is 5.75 Å². The molecule has 0 bridgehead atoms. The van der Waals surface area contributed by atoms with Crippen molar-refractivity contribution in [2.24, 2.45) is 0 Å². The third-order valence-corrected chi connectivity index (χ3v) is 3.31. The van der Waals surface area contributed by atoms with E-state index in [0.717, 1.165) is 0 Å². The number of aliphatic hydroxyl groups excluding tert-OH is 2. The van der Waals surface area contributed by atoms with Crippen molar-refractivity contribution in [2.75, 3.05) is 20.3 Å². The summed E-state index contributed by atoms with van der Waals surface area (Å²) in [7, 11) is 1.29. The molecule has 1 amide bonds. The average Bonchev–Trinajstić information content (AvgIpc) is 2.51. The van der Waals surface area contributed by atoms with Crippen LogP contribution in [0, 0.1) is 10.1 Å². The van der Waals surface area contributed by atoms with E-state index in [4.69, 9.17) is 4.74 Å². The second-order valence-corrected chi connectivity index (χ2v) is 4.52. The Morgan fingerprint density at radius 1 is 1.43 bits per heavy atom. The molecule has 0 atom stereocenters. The van der Waals surface area contributed by atoms with Crippen LogP contribution in [0.2, 0.25) is 0 Å². The zero-order chi connectivity index (χ0) is 16.0. The molecular weight excluding hydrogens is 280 g/mol. The Kier molecular flexibility index (Phi) is 5.62. The van der Waals surface area contributed by atoms with Gasteiger partial charge in [0.25, 0.3) is 11.6 Å². The Morgan fingerprint density at radius 2 is 2.05 bits per heavy atom. The molecule has 21 heavy (non-hydrogen) atoms. The number of aliphatic hydroxyl groups is 2. The van der Waals surface area contributed by atoms with Gasteiger partial charge in [-0.1, -0.05) is 13.0 Å². The van der Waals surface area contributed by atoms with Crippen molar-refractivity contribution in [2.45, 2.75) is 18.9 Å². The highest BCUT2D eigenvalue weighted by atomic mass is 16.6. The molecule has 0 aliphatic rings. The Hall–Kier alpha value is -2.19. The van der Waals surface area contributed by atoms with E-state index in [0.29, 0.717) is 0 Å². The summed E-state index contributed by atoms with van der Waals surface area (Å²) in [5.41, 5.74) is -1.90. The number of nitrogens with zero attached hydrogens (tertiary/aromatic N) is 1. The summed E-state index contributed by atoms with van der Waals surface area (Å²) in [6.07, 6.45) is 0.259. The molecule has 0 unspecified atom stereocenters. The van der Waals surface area contributed by atoms with E-state index in [1.807, 2.05) is 0 Å². The molecular formula is C13H18N2O6. The highest BCUT2D eigenvalue weighted by Gasteiger charge is 2.33. The summed E-state index contributed by atoms with van der Waals surface area (Å²) in [6, 6.07) is 4.01. The van der Waals surface area contributed by atoms with Gasteiger partial charge >= 0.3 is 0 Å². The number of ether oxygens (including phenoxy) is 1. The molecule has 8 heteroatoms. The van der Waals surface area contributed by atoms with Crippen molar-refractivity contribution in [3.05, 3.63) is 33.9 Å². The quantitative estimate of drug-likeness (QED) is 0.497. The zero-order valence-electron chi connectivity index (χ0n) is 11.8. The maximum atomic E-state index is 12.3. The number of carbonyl (C=O) groups is 1. The Bertz CT molecular complexity index is 519. The minimum absolute atomic E-state index is 0.0441. The van der Waals surface area contributed by atoms with E-state index in [9.17, 15) is 25.1 Å². The SMILES string of the molecule is CCC(CO)(CO)NC(=O)c1c(OC)cccc1[N+](=O)[O-]. The summed E-state index contributed by atoms with van der Waals surface area (Å²) in [6.45, 7) is 0.687. The number of carbonyl (C=O) groups excluding carboxylic acids is 1. The molecule has 0 aliphatic carbocycles. The molecule has 1 aromatic carbocycles. The van der Waals surface area contributed by atoms with Gasteiger partial charge in [-0.15, -0.1) is 0 Å². The summed E-state index contributed by atoms with van der Waals surface area (Å²) in [5, 5.41) is 32.2. The molecule has 1 rings (SSSR count). The lowest BCUT2D eigenvalue weighted by molar-refractivity contribution is -0.385. The fourth-order valence-corrected chi connectivity index (χ4v) is 1.81. The van der Waals surface area contributed by atoms with E-state index in [-0.39, 0.29) is 17.7 Å². The fourth-order valence-electron chi connectivity index (χ4n) is 1.81. The lowest BCUT2D eigenvalue weighted by Gasteiger charge is -2.29. The van der Waals surface area contributed by atoms with Gasteiger partial charge in [0.15, 0.2) is 5.56 Å². The fraction of sp³-hybridized carbons (Fsp3) is 0.462. The van der Waals surface area contributed by atoms with E-state index in [2.05, 4.69) is 5.32 Å². The highest BCUT2D eigenvalue weighted by molar-refractivity contribution is 6.01. The van der Waals surface area contributed by atoms with Gasteiger partial charge in [-0.05, 0) is 12.5 Å². The molecule has 0 fully saturated rings. The first-order valence-electron chi connectivity index (χ1n) is 6.30. The number of nitrogens with one attached hydrogen (secondary N) is 1. The maximum Gasteiger partial charge on any atom is 0.285 e. The lowest BCUT2D eigenvalue weighted by atomic mass is 9.97. The molecule has 0 aromatic heterocycles. The van der Waals surface area contributed by atoms with Crippen LogP contribution in [0.4, 0.5) is 5.69 Å². The van der Waals surface area contributed by atoms with Gasteiger partial charge in [0.05, 0.1) is 30.8 Å². The lowest BCUT2D eigenvalue weighted by Crippen LogP contribution is -2.53. The number of amides is 1. The highest BCUT2D eigenvalue weighted by Crippen LogP contribution is 2.28. The van der Waals surface area contributed by atoms with Crippen molar-refractivity contribution in [1.29, 1.82) is 0 Å². The summed E-state index contributed by atoms with van der Waals surface area (Å²) in [4.78, 5) is 22.7. The number of nitro benzene ring substituents is 1. The summed E-state index contributed by atoms with van der Waals surface area (Å²) >= 11 is 0. The van der Waals surface area contributed by atoms with E-state index >= 15 is 0 Å². The third-order valence-electron chi connectivity index (χ3n) is 3.31. The third kappa shape index (κ3) is 3.47. The largest absolute Gasteiger partial charge is 0.496 e. The van der Waals surface area contributed by atoms with Gasteiger partial charge in [-0.3, -0.25) is 14.9 Å². The molecule has 1 aromatic rings. The van der Waals surface area contributed by atoms with Crippen LogP contribution in [-0.2, 0) is 0 Å². The van der Waals surface area contributed by atoms with Gasteiger partial charge in [-0.25, -0.2) is 0 Å². The Balaban J connectivity index is 3.26. The number of hydrogen-bond acceptors (Lipinski definition) is 6. The first kappa shape index (κ1) is 16.9. The molecule has 0 saturated carbocycles. The van der Waals surface area contributed by atoms with Gasteiger partial charge < -0.3 is 20.3 Å². The van der Waals surface area contributed by atoms with Crippen molar-refractivity contribution in [1.82, 2.24) is 5.32 Å². The first-order valence-corrected chi connectivity index (χ1v) is 6.30. The number of hydrogen-bond donors (Lipinski definition) is 3. The first-order chi connectivity index (χ1) is 9.94. The van der Waals surface area contributed by atoms with Gasteiger partial charge in [-0.2, -0.15) is 0 Å². The zero-order valence-corrected chi connectivity index (χ0v) is 11.8. The van der Waals surface area contributed by atoms with Crippen molar-refractivity contribution in [3.63, 3.8) is 0 Å². The molecule has 0 aliphatic heterocycles. The molecule has 0 heterocycles. The van der Waals surface area contributed by atoms with Crippen LogP contribution in [-0.4, -0.2) is 46.9 Å². The van der Waals surface area contributed by atoms with Crippen LogP contribution in [0.3, 0.4) is 0 Å². The minimum atomic E-state index is -1.24. The molecule has 0 radical (unpaired) electrons. The van der Waals surface area contributed by atoms with Crippen LogP contribution < -0.4 is 10.1 Å². The van der Waals surface area contributed by atoms with Gasteiger partial charge in [0, 0.05) is 6.07 Å². The van der Waals surface area contributed by atoms with Gasteiger partial charge in [0.2, 0.25) is 0 Å². The summed E-state index contributed by atoms with van der Waals surface area (Å²) < 4.78 is 4.98. The minimum Gasteiger partial charge on any atom is -0.496 e. The van der Waals surface area contributed by atoms with Gasteiger partial charge in [0.1, 0.15) is 5.75 Å². The Labute approximate surface area is 121 Å². The molecule has 0 spiro atoms. The van der Waals surface area contributed by atoms with Crippen LogP contribution in [0.1, 0.15) is 23.7 Å². The van der Waals surface area contributed by atoms with Crippen LogP contribution in [0.25, 0.3) is 0 Å². The monoisotopic (exact) mass is 298 g/mol. The van der Waals surface area contributed by atoms with Crippen LogP contribution >= 0.6 is 0 Å². The number of benzene rings is 1. The van der Waals surface area contributed by atoms with E-state index in [1.54, 1.807) is 6.92 Å². The predicted molar refractivity (Wildman–Crippen MR) is 74.3 cm³/mol. The number of methoxy groups -OCH3 is 1. The van der Waals surface area contributed by atoms with Crippen molar-refractivity contribution < 1.29 is 24.7 Å². The molecule has 0 saturated heterocycles. The second-order valence-electron chi connectivity index (χ2n) is 4.52. The standard InChI is InChI=1S/C13H18N2O6/c1-3-13(7-16,8-17)14-12(18)11-9(15(19)20)5-4-6-10(11)21-2/h4-6,16-17H,3,7-8H2,1-2H3,(H,14,18).